The van der Waals surface area contributed by atoms with E-state index in [2.05, 4.69) is 54.6 Å². The van der Waals surface area contributed by atoms with Crippen LogP contribution < -0.4 is 0 Å². The topological polar surface area (TPSA) is 0 Å². The van der Waals surface area contributed by atoms with E-state index in [1.54, 1.807) is 0 Å². The summed E-state index contributed by atoms with van der Waals surface area (Å²) in [5, 5.41) is 2.79. The Balaban J connectivity index is 1.54. The Labute approximate surface area is 122 Å². The minimum atomic E-state index is 0.882. The van der Waals surface area contributed by atoms with E-state index in [9.17, 15) is 0 Å². The highest BCUT2D eigenvalue weighted by Gasteiger charge is 2.10. The molecular formula is C20H24. The van der Waals surface area contributed by atoms with E-state index in [-0.39, 0.29) is 0 Å². The Bertz CT molecular complexity index is 568. The van der Waals surface area contributed by atoms with Gasteiger partial charge in [0.15, 0.2) is 0 Å². The first-order valence-electron chi connectivity index (χ1n) is 8.07. The standard InChI is InChI=1S/C20H24/c1(2-9-17-10-4-5-11-17)3-12-18-14-8-15-19-13-6-7-16-20(18)19/h2,6-9,13-17H,1,3-5,10-12H2/b9-2+. The third kappa shape index (κ3) is 3.30. The maximum atomic E-state index is 2.47. The van der Waals surface area contributed by atoms with Gasteiger partial charge in [-0.05, 0) is 54.4 Å². The van der Waals surface area contributed by atoms with Gasteiger partial charge in [0.1, 0.15) is 0 Å². The molecule has 2 aromatic rings. The zero-order chi connectivity index (χ0) is 13.6. The second-order valence-corrected chi connectivity index (χ2v) is 6.00. The Morgan fingerprint density at radius 1 is 0.950 bits per heavy atom. The summed E-state index contributed by atoms with van der Waals surface area (Å²) in [6.07, 6.45) is 14.3. The second-order valence-electron chi connectivity index (χ2n) is 6.00. The van der Waals surface area contributed by atoms with Crippen LogP contribution in [0, 0.1) is 5.92 Å². The van der Waals surface area contributed by atoms with E-state index in [0.29, 0.717) is 0 Å². The summed E-state index contributed by atoms with van der Waals surface area (Å²) in [6, 6.07) is 15.4. The molecule has 0 aromatic heterocycles. The van der Waals surface area contributed by atoms with Crippen molar-refractivity contribution in [1.29, 1.82) is 0 Å². The lowest BCUT2D eigenvalue weighted by atomic mass is 10.00. The van der Waals surface area contributed by atoms with Crippen LogP contribution >= 0.6 is 0 Å². The van der Waals surface area contributed by atoms with E-state index >= 15 is 0 Å². The molecule has 1 fully saturated rings. The van der Waals surface area contributed by atoms with Crippen molar-refractivity contribution in [3.8, 4) is 0 Å². The quantitative estimate of drug-likeness (QED) is 0.465. The first-order valence-corrected chi connectivity index (χ1v) is 8.07. The first-order chi connectivity index (χ1) is 9.93. The van der Waals surface area contributed by atoms with Crippen LogP contribution in [0.1, 0.15) is 44.1 Å². The van der Waals surface area contributed by atoms with E-state index in [4.69, 9.17) is 0 Å². The van der Waals surface area contributed by atoms with E-state index < -0.39 is 0 Å². The molecule has 0 spiro atoms. The van der Waals surface area contributed by atoms with Crippen LogP contribution in [0.15, 0.2) is 54.6 Å². The number of unbranched alkanes of at least 4 members (excludes halogenated alkanes) is 1. The van der Waals surface area contributed by atoms with Gasteiger partial charge in [-0.2, -0.15) is 0 Å². The molecule has 0 amide bonds. The number of rotatable bonds is 5. The van der Waals surface area contributed by atoms with Gasteiger partial charge in [-0.1, -0.05) is 67.5 Å². The zero-order valence-electron chi connectivity index (χ0n) is 12.2. The Hall–Kier alpha value is -1.56. The summed E-state index contributed by atoms with van der Waals surface area (Å²) in [5.41, 5.74) is 1.50. The van der Waals surface area contributed by atoms with Gasteiger partial charge >= 0.3 is 0 Å². The molecule has 0 radical (unpaired) electrons. The van der Waals surface area contributed by atoms with Crippen molar-refractivity contribution in [1.82, 2.24) is 0 Å². The lowest BCUT2D eigenvalue weighted by Gasteiger charge is -2.05. The van der Waals surface area contributed by atoms with Crippen molar-refractivity contribution in [3.63, 3.8) is 0 Å². The number of allylic oxidation sites excluding steroid dienone is 2. The van der Waals surface area contributed by atoms with Crippen LogP contribution in [0.25, 0.3) is 10.8 Å². The molecule has 1 aliphatic rings. The van der Waals surface area contributed by atoms with Crippen LogP contribution in [0.5, 0.6) is 0 Å². The summed E-state index contributed by atoms with van der Waals surface area (Å²) in [5.74, 6) is 0.882. The highest BCUT2D eigenvalue weighted by molar-refractivity contribution is 5.85. The van der Waals surface area contributed by atoms with Crippen molar-refractivity contribution in [3.05, 3.63) is 60.2 Å². The minimum Gasteiger partial charge on any atom is -0.0882 e. The van der Waals surface area contributed by atoms with Crippen LogP contribution in [-0.2, 0) is 6.42 Å². The highest BCUT2D eigenvalue weighted by Crippen LogP contribution is 2.26. The van der Waals surface area contributed by atoms with Gasteiger partial charge in [0.05, 0.1) is 0 Å². The fraction of sp³-hybridized carbons (Fsp3) is 0.400. The summed E-state index contributed by atoms with van der Waals surface area (Å²) in [6.45, 7) is 0. The molecule has 3 rings (SSSR count). The summed E-state index contributed by atoms with van der Waals surface area (Å²) < 4.78 is 0. The molecule has 2 aromatic carbocycles. The number of hydrogen-bond acceptors (Lipinski definition) is 0. The smallest absolute Gasteiger partial charge is 0.0152 e. The molecular weight excluding hydrogens is 240 g/mol. The van der Waals surface area contributed by atoms with Crippen molar-refractivity contribution in [2.24, 2.45) is 5.92 Å². The fourth-order valence-corrected chi connectivity index (χ4v) is 3.36. The summed E-state index contributed by atoms with van der Waals surface area (Å²) in [4.78, 5) is 0. The number of hydrogen-bond donors (Lipinski definition) is 0. The van der Waals surface area contributed by atoms with Crippen LogP contribution in [-0.4, -0.2) is 0 Å². The van der Waals surface area contributed by atoms with Crippen LogP contribution in [0.2, 0.25) is 0 Å². The molecule has 0 heterocycles. The second kappa shape index (κ2) is 6.74. The van der Waals surface area contributed by atoms with Crippen LogP contribution in [0.3, 0.4) is 0 Å². The van der Waals surface area contributed by atoms with Crippen LogP contribution in [0.4, 0.5) is 0 Å². The SMILES string of the molecule is C(=C\C1CCCC1)/CCCc1cccc2ccccc12. The molecule has 0 nitrogen and oxygen atoms in total. The maximum Gasteiger partial charge on any atom is -0.0152 e. The molecule has 0 atom stereocenters. The normalized spacial score (nSPS) is 16.4. The van der Waals surface area contributed by atoms with Crippen molar-refractivity contribution >= 4 is 10.8 Å². The molecule has 104 valence electrons. The average Bonchev–Trinajstić information content (AvgIpc) is 3.00. The number of aryl methyl sites for hydroxylation is 1. The molecule has 0 unspecified atom stereocenters. The molecule has 0 heteroatoms. The molecule has 0 bridgehead atoms. The van der Waals surface area contributed by atoms with E-state index in [0.717, 1.165) is 5.92 Å². The first kappa shape index (κ1) is 13.4. The van der Waals surface area contributed by atoms with E-state index in [1.165, 1.54) is 61.3 Å². The van der Waals surface area contributed by atoms with Crippen molar-refractivity contribution < 1.29 is 0 Å². The lowest BCUT2D eigenvalue weighted by molar-refractivity contribution is 0.680. The number of benzene rings is 2. The Morgan fingerprint density at radius 2 is 1.75 bits per heavy atom. The third-order valence-corrected chi connectivity index (χ3v) is 4.50. The molecule has 1 saturated carbocycles. The van der Waals surface area contributed by atoms with Gasteiger partial charge in [0.25, 0.3) is 0 Å². The van der Waals surface area contributed by atoms with Gasteiger partial charge in [0, 0.05) is 0 Å². The predicted molar refractivity (Wildman–Crippen MR) is 88.0 cm³/mol. The van der Waals surface area contributed by atoms with Crippen molar-refractivity contribution in [2.45, 2.75) is 44.9 Å². The number of fused-ring (bicyclic) bond motifs is 1. The van der Waals surface area contributed by atoms with Crippen molar-refractivity contribution in [2.75, 3.05) is 0 Å². The fourth-order valence-electron chi connectivity index (χ4n) is 3.36. The molecule has 20 heavy (non-hydrogen) atoms. The average molecular weight is 264 g/mol. The van der Waals surface area contributed by atoms with Gasteiger partial charge in [-0.3, -0.25) is 0 Å². The monoisotopic (exact) mass is 264 g/mol. The van der Waals surface area contributed by atoms with Gasteiger partial charge in [-0.15, -0.1) is 0 Å². The Kier molecular flexibility index (Phi) is 4.53. The maximum absolute atomic E-state index is 2.47. The zero-order valence-corrected chi connectivity index (χ0v) is 12.2. The molecule has 0 N–H and O–H groups in total. The highest BCUT2D eigenvalue weighted by atomic mass is 14.2. The molecule has 1 aliphatic carbocycles. The third-order valence-electron chi connectivity index (χ3n) is 4.50. The van der Waals surface area contributed by atoms with E-state index in [1.807, 2.05) is 0 Å². The predicted octanol–water partition coefficient (Wildman–Crippen LogP) is 5.91. The van der Waals surface area contributed by atoms with Gasteiger partial charge in [-0.25, -0.2) is 0 Å². The molecule has 0 saturated heterocycles. The minimum absolute atomic E-state index is 0.882. The largest absolute Gasteiger partial charge is 0.0882 e. The lowest BCUT2D eigenvalue weighted by Crippen LogP contribution is -1.88. The molecule has 0 aliphatic heterocycles. The van der Waals surface area contributed by atoms with Gasteiger partial charge in [0.2, 0.25) is 0 Å². The summed E-state index contributed by atoms with van der Waals surface area (Å²) in [7, 11) is 0. The Morgan fingerprint density at radius 3 is 2.65 bits per heavy atom. The summed E-state index contributed by atoms with van der Waals surface area (Å²) >= 11 is 0. The van der Waals surface area contributed by atoms with Gasteiger partial charge < -0.3 is 0 Å².